The summed E-state index contributed by atoms with van der Waals surface area (Å²) in [6, 6.07) is 20.6. The standard InChI is InChI=1S/C26H26ClNO5/c27-20-3-1-2-18(12-20)25(29)15-28-21-6-4-17-5-7-24(14-19(17)13-21)33-23-10-8-22(9-11-23)32-16-26(30)31/h1-3,5,7-12,14,21,25,28-29H,4,6,13,15-16H2,(H,30,31)/t21-,25-/m0/s1. The topological polar surface area (TPSA) is 88.0 Å². The summed E-state index contributed by atoms with van der Waals surface area (Å²) in [6.07, 6.45) is 2.22. The average Bonchev–Trinajstić information content (AvgIpc) is 2.82. The number of nitrogens with one attached hydrogen (secondary N) is 1. The second-order valence-corrected chi connectivity index (χ2v) is 8.54. The van der Waals surface area contributed by atoms with Crippen molar-refractivity contribution in [1.82, 2.24) is 5.32 Å². The van der Waals surface area contributed by atoms with Crippen LogP contribution < -0.4 is 14.8 Å². The molecule has 0 radical (unpaired) electrons. The predicted octanol–water partition coefficient (Wildman–Crippen LogP) is 4.78. The summed E-state index contributed by atoms with van der Waals surface area (Å²) in [7, 11) is 0. The van der Waals surface area contributed by atoms with Crippen molar-refractivity contribution >= 4 is 17.6 Å². The number of carboxylic acids is 1. The molecule has 4 rings (SSSR count). The summed E-state index contributed by atoms with van der Waals surface area (Å²) >= 11 is 6.03. The van der Waals surface area contributed by atoms with E-state index in [-0.39, 0.29) is 12.6 Å². The molecule has 7 heteroatoms. The molecule has 2 atom stereocenters. The highest BCUT2D eigenvalue weighted by atomic mass is 35.5. The van der Waals surface area contributed by atoms with E-state index >= 15 is 0 Å². The van der Waals surface area contributed by atoms with Gasteiger partial charge in [-0.3, -0.25) is 0 Å². The van der Waals surface area contributed by atoms with Gasteiger partial charge in [-0.25, -0.2) is 4.79 Å². The quantitative estimate of drug-likeness (QED) is 0.420. The van der Waals surface area contributed by atoms with Crippen molar-refractivity contribution in [3.05, 3.63) is 88.4 Å². The van der Waals surface area contributed by atoms with Crippen LogP contribution >= 0.6 is 11.6 Å². The van der Waals surface area contributed by atoms with Gasteiger partial charge in [0.2, 0.25) is 0 Å². The van der Waals surface area contributed by atoms with Gasteiger partial charge in [-0.15, -0.1) is 0 Å². The number of halogens is 1. The number of hydrogen-bond acceptors (Lipinski definition) is 5. The molecule has 1 aliphatic carbocycles. The van der Waals surface area contributed by atoms with E-state index in [1.807, 2.05) is 18.2 Å². The van der Waals surface area contributed by atoms with Crippen molar-refractivity contribution < 1.29 is 24.5 Å². The molecule has 0 aromatic heterocycles. The highest BCUT2D eigenvalue weighted by molar-refractivity contribution is 6.30. The Morgan fingerprint density at radius 3 is 2.55 bits per heavy atom. The molecule has 0 unspecified atom stereocenters. The summed E-state index contributed by atoms with van der Waals surface area (Å²) in [5, 5.41) is 23.3. The Balaban J connectivity index is 1.34. The minimum absolute atomic E-state index is 0.271. The number of hydrogen-bond donors (Lipinski definition) is 3. The van der Waals surface area contributed by atoms with Gasteiger partial charge in [0.15, 0.2) is 6.61 Å². The molecule has 0 spiro atoms. The van der Waals surface area contributed by atoms with E-state index in [9.17, 15) is 9.90 Å². The third-order valence-corrected chi connectivity index (χ3v) is 5.90. The second kappa shape index (κ2) is 10.7. The van der Waals surface area contributed by atoms with Gasteiger partial charge in [-0.1, -0.05) is 29.8 Å². The molecule has 33 heavy (non-hydrogen) atoms. The highest BCUT2D eigenvalue weighted by Gasteiger charge is 2.20. The molecule has 0 fully saturated rings. The number of aryl methyl sites for hydroxylation is 1. The van der Waals surface area contributed by atoms with E-state index in [1.54, 1.807) is 36.4 Å². The largest absolute Gasteiger partial charge is 0.482 e. The zero-order chi connectivity index (χ0) is 23.2. The maximum absolute atomic E-state index is 10.6. The van der Waals surface area contributed by atoms with E-state index in [0.29, 0.717) is 23.1 Å². The number of ether oxygens (including phenoxy) is 2. The van der Waals surface area contributed by atoms with Gasteiger partial charge >= 0.3 is 5.97 Å². The SMILES string of the molecule is O=C(O)COc1ccc(Oc2ccc3c(c2)C[C@@H](NC[C@H](O)c2cccc(Cl)c2)CC3)cc1. The predicted molar refractivity (Wildman–Crippen MR) is 126 cm³/mol. The molecule has 6 nitrogen and oxygen atoms in total. The summed E-state index contributed by atoms with van der Waals surface area (Å²) in [6.45, 7) is 0.0865. The van der Waals surface area contributed by atoms with Gasteiger partial charge in [0.05, 0.1) is 6.10 Å². The lowest BCUT2D eigenvalue weighted by molar-refractivity contribution is -0.139. The van der Waals surface area contributed by atoms with Crippen LogP contribution in [0.5, 0.6) is 17.2 Å². The molecule has 3 N–H and O–H groups in total. The first-order valence-corrected chi connectivity index (χ1v) is 11.3. The number of carboxylic acid groups (broad SMARTS) is 1. The first-order valence-electron chi connectivity index (χ1n) is 10.9. The molecule has 3 aromatic rings. The van der Waals surface area contributed by atoms with Crippen molar-refractivity contribution in [2.45, 2.75) is 31.4 Å². The van der Waals surface area contributed by atoms with Crippen LogP contribution in [0.15, 0.2) is 66.7 Å². The number of fused-ring (bicyclic) bond motifs is 1. The van der Waals surface area contributed by atoms with Crippen molar-refractivity contribution in [2.24, 2.45) is 0 Å². The number of aliphatic carboxylic acids is 1. The zero-order valence-corrected chi connectivity index (χ0v) is 18.8. The van der Waals surface area contributed by atoms with E-state index in [4.69, 9.17) is 26.2 Å². The van der Waals surface area contributed by atoms with Crippen LogP contribution in [0.25, 0.3) is 0 Å². The Morgan fingerprint density at radius 1 is 1.03 bits per heavy atom. The van der Waals surface area contributed by atoms with Crippen LogP contribution in [0.4, 0.5) is 0 Å². The van der Waals surface area contributed by atoms with Crippen molar-refractivity contribution in [3.8, 4) is 17.2 Å². The molecule has 0 bridgehead atoms. The molecule has 0 amide bonds. The van der Waals surface area contributed by atoms with Crippen LogP contribution in [-0.2, 0) is 17.6 Å². The van der Waals surface area contributed by atoms with Crippen LogP contribution in [-0.4, -0.2) is 35.4 Å². The average molecular weight is 468 g/mol. The fourth-order valence-corrected chi connectivity index (χ4v) is 4.16. The Labute approximate surface area is 197 Å². The van der Waals surface area contributed by atoms with E-state index in [2.05, 4.69) is 17.4 Å². The van der Waals surface area contributed by atoms with Gasteiger partial charge in [-0.2, -0.15) is 0 Å². The molecule has 1 aliphatic rings. The fourth-order valence-electron chi connectivity index (χ4n) is 3.97. The molecular weight excluding hydrogens is 442 g/mol. The number of aliphatic hydroxyl groups excluding tert-OH is 1. The van der Waals surface area contributed by atoms with Gasteiger partial charge in [0.1, 0.15) is 17.2 Å². The molecular formula is C26H26ClNO5. The van der Waals surface area contributed by atoms with Crippen molar-refractivity contribution in [3.63, 3.8) is 0 Å². The Morgan fingerprint density at radius 2 is 1.79 bits per heavy atom. The number of benzene rings is 3. The van der Waals surface area contributed by atoms with Crippen molar-refractivity contribution in [1.29, 1.82) is 0 Å². The second-order valence-electron chi connectivity index (χ2n) is 8.11. The fraction of sp³-hybridized carbons (Fsp3) is 0.269. The molecule has 0 saturated heterocycles. The minimum atomic E-state index is -1.02. The molecule has 0 aliphatic heterocycles. The van der Waals surface area contributed by atoms with E-state index in [0.717, 1.165) is 30.6 Å². The lowest BCUT2D eigenvalue weighted by Crippen LogP contribution is -2.37. The third kappa shape index (κ3) is 6.48. The monoisotopic (exact) mass is 467 g/mol. The Bertz CT molecular complexity index is 1100. The van der Waals surface area contributed by atoms with Crippen LogP contribution in [0.3, 0.4) is 0 Å². The Hall–Kier alpha value is -3.06. The Kier molecular flexibility index (Phi) is 7.50. The maximum atomic E-state index is 10.6. The lowest BCUT2D eigenvalue weighted by atomic mass is 9.88. The number of aliphatic hydroxyl groups is 1. The molecule has 172 valence electrons. The molecule has 0 saturated carbocycles. The summed E-state index contributed by atoms with van der Waals surface area (Å²) in [4.78, 5) is 10.6. The lowest BCUT2D eigenvalue weighted by Gasteiger charge is -2.27. The van der Waals surface area contributed by atoms with Gasteiger partial charge in [0.25, 0.3) is 0 Å². The van der Waals surface area contributed by atoms with Gasteiger partial charge < -0.3 is 25.0 Å². The maximum Gasteiger partial charge on any atom is 0.341 e. The van der Waals surface area contributed by atoms with Crippen LogP contribution in [0.1, 0.15) is 29.2 Å². The van der Waals surface area contributed by atoms with Gasteiger partial charge in [-0.05, 0) is 84.5 Å². The van der Waals surface area contributed by atoms with E-state index in [1.165, 1.54) is 11.1 Å². The first-order chi connectivity index (χ1) is 16.0. The first kappa shape index (κ1) is 23.1. The van der Waals surface area contributed by atoms with Crippen LogP contribution in [0, 0.1) is 0 Å². The molecule has 3 aromatic carbocycles. The van der Waals surface area contributed by atoms with Crippen LogP contribution in [0.2, 0.25) is 5.02 Å². The third-order valence-electron chi connectivity index (χ3n) is 5.66. The summed E-state index contributed by atoms with van der Waals surface area (Å²) in [5.74, 6) is 0.848. The number of rotatable bonds is 9. The van der Waals surface area contributed by atoms with Gasteiger partial charge in [0, 0.05) is 17.6 Å². The normalized spacial score (nSPS) is 16.0. The highest BCUT2D eigenvalue weighted by Crippen LogP contribution is 2.29. The number of carbonyl (C=O) groups is 1. The summed E-state index contributed by atoms with van der Waals surface area (Å²) in [5.41, 5.74) is 3.35. The zero-order valence-electron chi connectivity index (χ0n) is 18.0. The van der Waals surface area contributed by atoms with Crippen molar-refractivity contribution in [2.75, 3.05) is 13.2 Å². The molecule has 0 heterocycles. The smallest absolute Gasteiger partial charge is 0.341 e. The minimum Gasteiger partial charge on any atom is -0.482 e. The summed E-state index contributed by atoms with van der Waals surface area (Å²) < 4.78 is 11.1. The van der Waals surface area contributed by atoms with E-state index < -0.39 is 12.1 Å².